The first-order chi connectivity index (χ1) is 17.0. The van der Waals surface area contributed by atoms with E-state index in [1.807, 2.05) is 60.7 Å². The second-order valence-electron chi connectivity index (χ2n) is 7.65. The average Bonchev–Trinajstić information content (AvgIpc) is 3.51. The number of benzene rings is 3. The normalized spacial score (nSPS) is 11.6. The van der Waals surface area contributed by atoms with E-state index in [0.717, 1.165) is 38.8 Å². The molecule has 2 heterocycles. The molecular formula is C26H18F3N3OS2. The fraction of sp³-hybridized carbons (Fsp3) is 0.115. The van der Waals surface area contributed by atoms with Crippen LogP contribution in [0.25, 0.3) is 21.8 Å². The van der Waals surface area contributed by atoms with E-state index in [1.54, 1.807) is 17.4 Å². The fourth-order valence-corrected chi connectivity index (χ4v) is 5.29. The van der Waals surface area contributed by atoms with Gasteiger partial charge in [0.2, 0.25) is 5.89 Å². The van der Waals surface area contributed by atoms with Gasteiger partial charge in [0.15, 0.2) is 0 Å². The first-order valence-corrected chi connectivity index (χ1v) is 12.5. The zero-order valence-electron chi connectivity index (χ0n) is 18.2. The Morgan fingerprint density at radius 1 is 0.829 bits per heavy atom. The minimum Gasteiger partial charge on any atom is -0.416 e. The Kier molecular flexibility index (Phi) is 6.70. The summed E-state index contributed by atoms with van der Waals surface area (Å²) in [5.41, 5.74) is 2.76. The van der Waals surface area contributed by atoms with E-state index in [-0.39, 0.29) is 0 Å². The molecule has 35 heavy (non-hydrogen) atoms. The molecule has 0 radical (unpaired) electrons. The van der Waals surface area contributed by atoms with E-state index in [0.29, 0.717) is 28.9 Å². The first-order valence-electron chi connectivity index (χ1n) is 10.7. The lowest BCUT2D eigenvalue weighted by molar-refractivity contribution is -0.137. The summed E-state index contributed by atoms with van der Waals surface area (Å²) in [6.45, 7) is 0. The molecule has 0 unspecified atom stereocenters. The van der Waals surface area contributed by atoms with Gasteiger partial charge in [-0.25, -0.2) is 4.98 Å². The highest BCUT2D eigenvalue weighted by atomic mass is 32.2. The Morgan fingerprint density at radius 2 is 1.54 bits per heavy atom. The molecule has 0 spiro atoms. The maximum absolute atomic E-state index is 13.0. The summed E-state index contributed by atoms with van der Waals surface area (Å²) >= 11 is 2.78. The van der Waals surface area contributed by atoms with Crippen LogP contribution in [0.3, 0.4) is 0 Å². The van der Waals surface area contributed by atoms with Crippen LogP contribution in [0.4, 0.5) is 13.2 Å². The van der Waals surface area contributed by atoms with Crippen molar-refractivity contribution in [2.75, 3.05) is 0 Å². The molecule has 3 aromatic carbocycles. The van der Waals surface area contributed by atoms with Gasteiger partial charge in [-0.1, -0.05) is 90.6 Å². The van der Waals surface area contributed by atoms with Crippen LogP contribution in [0.15, 0.2) is 94.6 Å². The Labute approximate surface area is 207 Å². The third-order valence-corrected chi connectivity index (χ3v) is 7.14. The maximum Gasteiger partial charge on any atom is 0.416 e. The molecule has 0 aliphatic carbocycles. The number of thiazole rings is 1. The number of alkyl halides is 3. The zero-order valence-corrected chi connectivity index (χ0v) is 19.8. The highest BCUT2D eigenvalue weighted by Crippen LogP contribution is 2.36. The van der Waals surface area contributed by atoms with Crippen LogP contribution in [0.2, 0.25) is 0 Å². The summed E-state index contributed by atoms with van der Waals surface area (Å²) in [4.78, 5) is 5.88. The Morgan fingerprint density at radius 3 is 2.26 bits per heavy atom. The number of thioether (sulfide) groups is 1. The molecule has 176 valence electrons. The van der Waals surface area contributed by atoms with Gasteiger partial charge in [-0.05, 0) is 11.6 Å². The van der Waals surface area contributed by atoms with Gasteiger partial charge in [-0.2, -0.15) is 13.2 Å². The molecule has 2 aromatic heterocycles. The van der Waals surface area contributed by atoms with Gasteiger partial charge in [-0.15, -0.1) is 21.5 Å². The van der Waals surface area contributed by atoms with Crippen molar-refractivity contribution in [2.45, 2.75) is 23.6 Å². The van der Waals surface area contributed by atoms with Crippen molar-refractivity contribution < 1.29 is 17.6 Å². The van der Waals surface area contributed by atoms with Gasteiger partial charge in [0.05, 0.1) is 17.7 Å². The number of halogens is 3. The van der Waals surface area contributed by atoms with Crippen LogP contribution < -0.4 is 0 Å². The molecule has 0 N–H and O–H groups in total. The van der Waals surface area contributed by atoms with E-state index >= 15 is 0 Å². The molecule has 0 saturated heterocycles. The largest absolute Gasteiger partial charge is 0.416 e. The van der Waals surface area contributed by atoms with Crippen LogP contribution >= 0.6 is 23.1 Å². The SMILES string of the molecule is FC(F)(F)c1cccc(CSc2nnc(Cc3sc(-c4ccccc4)nc3-c3ccccc3)o2)c1. The van der Waals surface area contributed by atoms with Crippen molar-refractivity contribution in [1.29, 1.82) is 0 Å². The highest BCUT2D eigenvalue weighted by Gasteiger charge is 2.30. The van der Waals surface area contributed by atoms with Crippen LogP contribution in [0.1, 0.15) is 21.9 Å². The predicted molar refractivity (Wildman–Crippen MR) is 131 cm³/mol. The van der Waals surface area contributed by atoms with Gasteiger partial charge in [-0.3, -0.25) is 0 Å². The van der Waals surface area contributed by atoms with Gasteiger partial charge in [0.25, 0.3) is 5.22 Å². The standard InChI is InChI=1S/C26H18F3N3OS2/c27-26(28,29)20-13-7-8-17(14-20)16-34-25-32-31-22(33-25)15-21-23(18-9-3-1-4-10-18)30-24(35-21)19-11-5-2-6-12-19/h1-14H,15-16H2. The predicted octanol–water partition coefficient (Wildman–Crippen LogP) is 7.76. The summed E-state index contributed by atoms with van der Waals surface area (Å²) < 4.78 is 44.7. The van der Waals surface area contributed by atoms with E-state index in [9.17, 15) is 13.2 Å². The molecule has 0 aliphatic heterocycles. The van der Waals surface area contributed by atoms with Crippen molar-refractivity contribution in [1.82, 2.24) is 15.2 Å². The first kappa shape index (κ1) is 23.3. The van der Waals surface area contributed by atoms with Crippen LogP contribution in [0.5, 0.6) is 0 Å². The Bertz CT molecular complexity index is 1420. The summed E-state index contributed by atoms with van der Waals surface area (Å²) in [5, 5.41) is 9.45. The van der Waals surface area contributed by atoms with E-state index in [4.69, 9.17) is 9.40 Å². The fourth-order valence-electron chi connectivity index (χ4n) is 3.49. The van der Waals surface area contributed by atoms with E-state index in [1.165, 1.54) is 17.8 Å². The van der Waals surface area contributed by atoms with Crippen molar-refractivity contribution in [3.8, 4) is 21.8 Å². The summed E-state index contributed by atoms with van der Waals surface area (Å²) in [6.07, 6.45) is -3.96. The Hall–Kier alpha value is -3.43. The molecule has 9 heteroatoms. The summed E-state index contributed by atoms with van der Waals surface area (Å²) in [7, 11) is 0. The summed E-state index contributed by atoms with van der Waals surface area (Å²) in [5.74, 6) is 0.719. The van der Waals surface area contributed by atoms with Gasteiger partial charge < -0.3 is 4.42 Å². The molecule has 0 saturated carbocycles. The minimum absolute atomic E-state index is 0.291. The lowest BCUT2D eigenvalue weighted by Crippen LogP contribution is -2.04. The smallest absolute Gasteiger partial charge is 0.416 e. The van der Waals surface area contributed by atoms with Crippen molar-refractivity contribution in [3.63, 3.8) is 0 Å². The average molecular weight is 510 g/mol. The topological polar surface area (TPSA) is 51.8 Å². The molecule has 0 atom stereocenters. The van der Waals surface area contributed by atoms with Gasteiger partial charge in [0.1, 0.15) is 5.01 Å². The number of aromatic nitrogens is 3. The van der Waals surface area contributed by atoms with E-state index < -0.39 is 11.7 Å². The Balaban J connectivity index is 1.35. The van der Waals surface area contributed by atoms with Crippen molar-refractivity contribution >= 4 is 23.1 Å². The second kappa shape index (κ2) is 10.1. The zero-order chi connectivity index (χ0) is 24.3. The molecule has 0 amide bonds. The number of hydrogen-bond acceptors (Lipinski definition) is 6. The lowest BCUT2D eigenvalue weighted by atomic mass is 10.1. The van der Waals surface area contributed by atoms with Crippen molar-refractivity contribution in [2.24, 2.45) is 0 Å². The van der Waals surface area contributed by atoms with Gasteiger partial charge >= 0.3 is 6.18 Å². The molecule has 0 aliphatic rings. The third-order valence-electron chi connectivity index (χ3n) is 5.14. The number of nitrogens with zero attached hydrogens (tertiary/aromatic N) is 3. The number of rotatable bonds is 7. The highest BCUT2D eigenvalue weighted by molar-refractivity contribution is 7.98. The maximum atomic E-state index is 13.0. The summed E-state index contributed by atoms with van der Waals surface area (Å²) in [6, 6.07) is 25.1. The molecule has 5 rings (SSSR count). The van der Waals surface area contributed by atoms with Crippen molar-refractivity contribution in [3.05, 3.63) is 107 Å². The molecular weight excluding hydrogens is 491 g/mol. The van der Waals surface area contributed by atoms with Crippen LogP contribution in [-0.2, 0) is 18.3 Å². The molecule has 0 bridgehead atoms. The quantitative estimate of drug-likeness (QED) is 0.210. The van der Waals surface area contributed by atoms with Crippen LogP contribution in [-0.4, -0.2) is 15.2 Å². The van der Waals surface area contributed by atoms with E-state index in [2.05, 4.69) is 10.2 Å². The minimum atomic E-state index is -4.37. The molecule has 0 fully saturated rings. The van der Waals surface area contributed by atoms with Crippen LogP contribution in [0, 0.1) is 0 Å². The number of hydrogen-bond donors (Lipinski definition) is 0. The molecule has 4 nitrogen and oxygen atoms in total. The monoisotopic (exact) mass is 509 g/mol. The molecule has 5 aromatic rings. The lowest BCUT2D eigenvalue weighted by Gasteiger charge is -2.07. The second-order valence-corrected chi connectivity index (χ2v) is 9.66. The third kappa shape index (κ3) is 5.63. The van der Waals surface area contributed by atoms with Gasteiger partial charge in [0, 0.05) is 21.8 Å².